The van der Waals surface area contributed by atoms with E-state index in [0.29, 0.717) is 5.56 Å². The van der Waals surface area contributed by atoms with E-state index in [1.165, 1.54) is 6.07 Å². The molecule has 0 aliphatic rings. The quantitative estimate of drug-likeness (QED) is 0.702. The van der Waals surface area contributed by atoms with E-state index in [4.69, 9.17) is 9.47 Å². The standard InChI is InChI=1S/C19H21FO2/c1-4-7-17-15(12-16(21-2)13-19(17)22-3)11-10-14-8-5-6-9-18(14)20/h5-6,8-13H,4,7H2,1-3H3. The molecule has 0 aliphatic heterocycles. The molecule has 0 spiro atoms. The van der Waals surface area contributed by atoms with Gasteiger partial charge in [0.2, 0.25) is 0 Å². The van der Waals surface area contributed by atoms with Crippen LogP contribution in [0.15, 0.2) is 36.4 Å². The van der Waals surface area contributed by atoms with Gasteiger partial charge in [-0.1, -0.05) is 43.7 Å². The van der Waals surface area contributed by atoms with E-state index >= 15 is 0 Å². The van der Waals surface area contributed by atoms with Crippen molar-refractivity contribution in [3.05, 3.63) is 58.9 Å². The van der Waals surface area contributed by atoms with Crippen molar-refractivity contribution in [2.24, 2.45) is 0 Å². The topological polar surface area (TPSA) is 18.5 Å². The molecular weight excluding hydrogens is 279 g/mol. The zero-order chi connectivity index (χ0) is 15.9. The van der Waals surface area contributed by atoms with Gasteiger partial charge in [0.1, 0.15) is 17.3 Å². The lowest BCUT2D eigenvalue weighted by Crippen LogP contribution is -1.97. The summed E-state index contributed by atoms with van der Waals surface area (Å²) in [4.78, 5) is 0. The molecule has 0 bridgehead atoms. The van der Waals surface area contributed by atoms with Crippen LogP contribution in [-0.4, -0.2) is 14.2 Å². The third-order valence-electron chi connectivity index (χ3n) is 3.52. The molecule has 0 aliphatic carbocycles. The second kappa shape index (κ2) is 7.64. The Bertz CT molecular complexity index is 662. The number of halogens is 1. The number of ether oxygens (including phenoxy) is 2. The Labute approximate surface area is 131 Å². The highest BCUT2D eigenvalue weighted by Gasteiger charge is 2.10. The summed E-state index contributed by atoms with van der Waals surface area (Å²) < 4.78 is 24.5. The van der Waals surface area contributed by atoms with Crippen LogP contribution in [0.1, 0.15) is 30.0 Å². The molecule has 2 nitrogen and oxygen atoms in total. The molecule has 0 atom stereocenters. The maximum absolute atomic E-state index is 13.7. The number of rotatable bonds is 6. The third kappa shape index (κ3) is 3.67. The molecule has 0 saturated heterocycles. The van der Waals surface area contributed by atoms with Crippen LogP contribution in [0.3, 0.4) is 0 Å². The van der Waals surface area contributed by atoms with Crippen molar-refractivity contribution in [2.75, 3.05) is 14.2 Å². The molecule has 22 heavy (non-hydrogen) atoms. The van der Waals surface area contributed by atoms with Crippen molar-refractivity contribution in [3.8, 4) is 11.5 Å². The van der Waals surface area contributed by atoms with E-state index in [-0.39, 0.29) is 5.82 Å². The predicted octanol–water partition coefficient (Wildman–Crippen LogP) is 4.97. The Balaban J connectivity index is 2.46. The van der Waals surface area contributed by atoms with Gasteiger partial charge >= 0.3 is 0 Å². The fourth-order valence-electron chi connectivity index (χ4n) is 2.40. The minimum absolute atomic E-state index is 0.231. The lowest BCUT2D eigenvalue weighted by atomic mass is 10.00. The van der Waals surface area contributed by atoms with Crippen molar-refractivity contribution >= 4 is 12.2 Å². The SMILES string of the molecule is CCCc1c(C=Cc2ccccc2F)cc(OC)cc1OC. The number of hydrogen-bond donors (Lipinski definition) is 0. The summed E-state index contributed by atoms with van der Waals surface area (Å²) in [6, 6.07) is 10.5. The molecule has 116 valence electrons. The van der Waals surface area contributed by atoms with Crippen LogP contribution in [0, 0.1) is 5.82 Å². The maximum atomic E-state index is 13.7. The molecule has 3 heteroatoms. The van der Waals surface area contributed by atoms with Crippen LogP contribution >= 0.6 is 0 Å². The molecular formula is C19H21FO2. The summed E-state index contributed by atoms with van der Waals surface area (Å²) in [5.74, 6) is 1.30. The van der Waals surface area contributed by atoms with E-state index in [1.807, 2.05) is 24.3 Å². The van der Waals surface area contributed by atoms with Crippen molar-refractivity contribution < 1.29 is 13.9 Å². The largest absolute Gasteiger partial charge is 0.497 e. The minimum atomic E-state index is -0.231. The predicted molar refractivity (Wildman–Crippen MR) is 88.9 cm³/mol. The Morgan fingerprint density at radius 3 is 2.36 bits per heavy atom. The summed E-state index contributed by atoms with van der Waals surface area (Å²) >= 11 is 0. The highest BCUT2D eigenvalue weighted by Crippen LogP contribution is 2.31. The van der Waals surface area contributed by atoms with Gasteiger partial charge in [0, 0.05) is 17.2 Å². The van der Waals surface area contributed by atoms with Gasteiger partial charge < -0.3 is 9.47 Å². The number of hydrogen-bond acceptors (Lipinski definition) is 2. The van der Waals surface area contributed by atoms with Crippen LogP contribution in [0.5, 0.6) is 11.5 Å². The van der Waals surface area contributed by atoms with E-state index in [1.54, 1.807) is 32.4 Å². The van der Waals surface area contributed by atoms with Gasteiger partial charge in [0.15, 0.2) is 0 Å². The van der Waals surface area contributed by atoms with Gasteiger partial charge in [-0.05, 0) is 24.1 Å². The molecule has 0 unspecified atom stereocenters. The Morgan fingerprint density at radius 2 is 1.73 bits per heavy atom. The molecule has 0 N–H and O–H groups in total. The normalized spacial score (nSPS) is 10.9. The zero-order valence-electron chi connectivity index (χ0n) is 13.2. The zero-order valence-corrected chi connectivity index (χ0v) is 13.2. The fourth-order valence-corrected chi connectivity index (χ4v) is 2.40. The molecule has 0 heterocycles. The third-order valence-corrected chi connectivity index (χ3v) is 3.52. The van der Waals surface area contributed by atoms with Crippen molar-refractivity contribution in [1.82, 2.24) is 0 Å². The minimum Gasteiger partial charge on any atom is -0.497 e. The van der Waals surface area contributed by atoms with E-state index < -0.39 is 0 Å². The van der Waals surface area contributed by atoms with Crippen molar-refractivity contribution in [2.45, 2.75) is 19.8 Å². The maximum Gasteiger partial charge on any atom is 0.130 e. The first kappa shape index (κ1) is 16.1. The van der Waals surface area contributed by atoms with Gasteiger partial charge in [-0.2, -0.15) is 0 Å². The molecule has 2 aromatic carbocycles. The first-order valence-electron chi connectivity index (χ1n) is 7.37. The molecule has 2 rings (SSSR count). The molecule has 0 saturated carbocycles. The molecule has 0 amide bonds. The van der Waals surface area contributed by atoms with Crippen LogP contribution < -0.4 is 9.47 Å². The average Bonchev–Trinajstić information content (AvgIpc) is 2.55. The first-order chi connectivity index (χ1) is 10.7. The van der Waals surface area contributed by atoms with Crippen molar-refractivity contribution in [1.29, 1.82) is 0 Å². The Kier molecular flexibility index (Phi) is 5.59. The van der Waals surface area contributed by atoms with E-state index in [0.717, 1.165) is 35.5 Å². The lowest BCUT2D eigenvalue weighted by molar-refractivity contribution is 0.390. The van der Waals surface area contributed by atoms with E-state index in [2.05, 4.69) is 6.92 Å². The summed E-state index contributed by atoms with van der Waals surface area (Å²) in [7, 11) is 3.27. The van der Waals surface area contributed by atoms with Crippen LogP contribution in [0.4, 0.5) is 4.39 Å². The second-order valence-electron chi connectivity index (χ2n) is 5.00. The smallest absolute Gasteiger partial charge is 0.130 e. The van der Waals surface area contributed by atoms with Gasteiger partial charge in [-0.25, -0.2) is 4.39 Å². The average molecular weight is 300 g/mol. The summed E-state index contributed by atoms with van der Waals surface area (Å²) in [6.45, 7) is 2.12. The van der Waals surface area contributed by atoms with Crippen LogP contribution in [0.2, 0.25) is 0 Å². The molecule has 2 aromatic rings. The molecule has 0 fully saturated rings. The Hall–Kier alpha value is -2.29. The van der Waals surface area contributed by atoms with Gasteiger partial charge in [-0.3, -0.25) is 0 Å². The highest BCUT2D eigenvalue weighted by molar-refractivity contribution is 5.73. The summed E-state index contributed by atoms with van der Waals surface area (Å²) in [6.07, 6.45) is 5.59. The van der Waals surface area contributed by atoms with Gasteiger partial charge in [-0.15, -0.1) is 0 Å². The van der Waals surface area contributed by atoms with Crippen molar-refractivity contribution in [3.63, 3.8) is 0 Å². The van der Waals surface area contributed by atoms with Gasteiger partial charge in [0.25, 0.3) is 0 Å². The van der Waals surface area contributed by atoms with Crippen LogP contribution in [0.25, 0.3) is 12.2 Å². The highest BCUT2D eigenvalue weighted by atomic mass is 19.1. The summed E-state index contributed by atoms with van der Waals surface area (Å²) in [5.41, 5.74) is 2.66. The number of benzene rings is 2. The molecule has 0 radical (unpaired) electrons. The van der Waals surface area contributed by atoms with Crippen LogP contribution in [-0.2, 0) is 6.42 Å². The van der Waals surface area contributed by atoms with E-state index in [9.17, 15) is 4.39 Å². The number of methoxy groups -OCH3 is 2. The second-order valence-corrected chi connectivity index (χ2v) is 5.00. The monoisotopic (exact) mass is 300 g/mol. The molecule has 0 aromatic heterocycles. The first-order valence-corrected chi connectivity index (χ1v) is 7.37. The van der Waals surface area contributed by atoms with Gasteiger partial charge in [0.05, 0.1) is 14.2 Å². The fraction of sp³-hybridized carbons (Fsp3) is 0.263. The Morgan fingerprint density at radius 1 is 1.00 bits per heavy atom. The lowest BCUT2D eigenvalue weighted by Gasteiger charge is -2.13. The summed E-state index contributed by atoms with van der Waals surface area (Å²) in [5, 5.41) is 0.